The molecule has 114 valence electrons. The van der Waals surface area contributed by atoms with Crippen molar-refractivity contribution in [3.8, 4) is 0 Å². The lowest BCUT2D eigenvalue weighted by Gasteiger charge is -2.09. The second-order valence-corrected chi connectivity index (χ2v) is 7.52. The highest BCUT2D eigenvalue weighted by Crippen LogP contribution is 2.26. The first-order chi connectivity index (χ1) is 9.92. The van der Waals surface area contributed by atoms with Crippen LogP contribution in [-0.4, -0.2) is 25.2 Å². The zero-order valence-electron chi connectivity index (χ0n) is 11.6. The van der Waals surface area contributed by atoms with Crippen LogP contribution >= 0.6 is 22.9 Å². The molecule has 2 N–H and O–H groups in total. The molecule has 0 amide bonds. The molecule has 0 spiro atoms. The first kappa shape index (κ1) is 16.2. The molecule has 21 heavy (non-hydrogen) atoms. The van der Waals surface area contributed by atoms with Gasteiger partial charge in [-0.15, -0.1) is 10.2 Å². The number of sulfonamides is 1. The molecule has 1 aromatic heterocycles. The van der Waals surface area contributed by atoms with Gasteiger partial charge in [-0.05, 0) is 31.2 Å². The van der Waals surface area contributed by atoms with Gasteiger partial charge in [0.1, 0.15) is 9.90 Å². The summed E-state index contributed by atoms with van der Waals surface area (Å²) in [5.74, 6) is 0. The van der Waals surface area contributed by atoms with Crippen molar-refractivity contribution >= 4 is 38.1 Å². The average Bonchev–Trinajstić information content (AvgIpc) is 2.82. The van der Waals surface area contributed by atoms with Crippen LogP contribution in [-0.2, 0) is 16.6 Å². The van der Waals surface area contributed by atoms with Crippen LogP contribution in [0.5, 0.6) is 0 Å². The molecule has 1 heterocycles. The molecule has 0 fully saturated rings. The second kappa shape index (κ2) is 6.69. The molecule has 2 rings (SSSR count). The summed E-state index contributed by atoms with van der Waals surface area (Å²) in [4.78, 5) is 0.0347. The van der Waals surface area contributed by atoms with Gasteiger partial charge in [0.15, 0.2) is 0 Å². The summed E-state index contributed by atoms with van der Waals surface area (Å²) >= 11 is 7.18. The number of nitrogens with one attached hydrogen (secondary N) is 2. The van der Waals surface area contributed by atoms with Gasteiger partial charge in [0.05, 0.1) is 5.02 Å². The lowest BCUT2D eigenvalue weighted by Crippen LogP contribution is -2.15. The monoisotopic (exact) mass is 346 g/mol. The van der Waals surface area contributed by atoms with E-state index in [1.54, 1.807) is 25.1 Å². The van der Waals surface area contributed by atoms with E-state index in [9.17, 15) is 8.42 Å². The first-order valence-electron chi connectivity index (χ1n) is 6.24. The van der Waals surface area contributed by atoms with Crippen LogP contribution in [0.3, 0.4) is 0 Å². The van der Waals surface area contributed by atoms with Crippen molar-refractivity contribution < 1.29 is 8.42 Å². The molecule has 0 atom stereocenters. The lowest BCUT2D eigenvalue weighted by atomic mass is 10.2. The molecule has 0 radical (unpaired) electrons. The molecule has 0 aliphatic carbocycles. The van der Waals surface area contributed by atoms with Crippen LogP contribution in [0.2, 0.25) is 5.02 Å². The molecule has 0 saturated heterocycles. The Morgan fingerprint density at radius 3 is 2.71 bits per heavy atom. The third-order valence-corrected chi connectivity index (χ3v) is 5.32. The van der Waals surface area contributed by atoms with Crippen LogP contribution in [0.15, 0.2) is 23.1 Å². The predicted molar refractivity (Wildman–Crippen MR) is 84.3 cm³/mol. The number of anilines is 1. The molecule has 6 nitrogen and oxygen atoms in total. The van der Waals surface area contributed by atoms with E-state index in [0.717, 1.165) is 12.1 Å². The average molecular weight is 347 g/mol. The minimum atomic E-state index is -3.78. The molecule has 0 aliphatic rings. The van der Waals surface area contributed by atoms with Crippen LogP contribution in [0.25, 0.3) is 0 Å². The molecular weight excluding hydrogens is 332 g/mol. The maximum Gasteiger partial charge on any atom is 0.265 e. The summed E-state index contributed by atoms with van der Waals surface area (Å²) < 4.78 is 27.2. The summed E-state index contributed by atoms with van der Waals surface area (Å²) in [6.45, 7) is 5.10. The van der Waals surface area contributed by atoms with Crippen molar-refractivity contribution in [2.75, 3.05) is 11.3 Å². The number of aromatic nitrogens is 2. The second-order valence-electron chi connectivity index (χ2n) is 4.28. The van der Waals surface area contributed by atoms with Gasteiger partial charge in [-0.2, -0.15) is 0 Å². The number of hydrogen-bond acceptors (Lipinski definition) is 6. The number of aryl methyl sites for hydroxylation is 1. The normalized spacial score (nSPS) is 11.6. The van der Waals surface area contributed by atoms with Crippen LogP contribution < -0.4 is 10.0 Å². The van der Waals surface area contributed by atoms with Crippen molar-refractivity contribution in [3.63, 3.8) is 0 Å². The molecule has 0 saturated carbocycles. The number of benzene rings is 1. The van der Waals surface area contributed by atoms with E-state index in [4.69, 9.17) is 11.6 Å². The fourth-order valence-corrected chi connectivity index (χ4v) is 4.01. The quantitative estimate of drug-likeness (QED) is 0.839. The Morgan fingerprint density at radius 1 is 1.33 bits per heavy atom. The topological polar surface area (TPSA) is 84.0 Å². The number of nitrogens with zero attached hydrogens (tertiary/aromatic N) is 2. The van der Waals surface area contributed by atoms with Crippen molar-refractivity contribution in [1.82, 2.24) is 15.5 Å². The van der Waals surface area contributed by atoms with Gasteiger partial charge in [-0.3, -0.25) is 4.72 Å². The van der Waals surface area contributed by atoms with E-state index < -0.39 is 10.0 Å². The molecule has 0 bridgehead atoms. The summed E-state index contributed by atoms with van der Waals surface area (Å²) in [7, 11) is -3.78. The minimum absolute atomic E-state index is 0.0347. The Labute approximate surface area is 132 Å². The van der Waals surface area contributed by atoms with E-state index in [1.807, 2.05) is 6.92 Å². The van der Waals surface area contributed by atoms with Gasteiger partial charge in [-0.25, -0.2) is 8.42 Å². The summed E-state index contributed by atoms with van der Waals surface area (Å²) in [5, 5.41) is 11.7. The third kappa shape index (κ3) is 4.13. The fraction of sp³-hybridized carbons (Fsp3) is 0.333. The van der Waals surface area contributed by atoms with E-state index in [-0.39, 0.29) is 15.0 Å². The van der Waals surface area contributed by atoms with Gasteiger partial charge in [0.2, 0.25) is 5.13 Å². The fourth-order valence-electron chi connectivity index (χ4n) is 1.64. The molecule has 0 aliphatic heterocycles. The Bertz CT molecular complexity index is 731. The molecule has 1 aromatic carbocycles. The smallest absolute Gasteiger partial charge is 0.265 e. The van der Waals surface area contributed by atoms with E-state index in [2.05, 4.69) is 20.2 Å². The first-order valence-corrected chi connectivity index (χ1v) is 8.92. The molecule has 2 aromatic rings. The van der Waals surface area contributed by atoms with Gasteiger partial charge < -0.3 is 5.32 Å². The Balaban J connectivity index is 2.30. The summed E-state index contributed by atoms with van der Waals surface area (Å²) in [6, 6.07) is 4.93. The molecule has 0 unspecified atom stereocenters. The van der Waals surface area contributed by atoms with Gasteiger partial charge in [0.25, 0.3) is 10.0 Å². The van der Waals surface area contributed by atoms with Crippen molar-refractivity contribution in [2.24, 2.45) is 0 Å². The zero-order valence-corrected chi connectivity index (χ0v) is 13.9. The van der Waals surface area contributed by atoms with Gasteiger partial charge in [-0.1, -0.05) is 35.9 Å². The highest BCUT2D eigenvalue weighted by molar-refractivity contribution is 7.93. The van der Waals surface area contributed by atoms with E-state index in [0.29, 0.717) is 11.6 Å². The number of halogens is 1. The van der Waals surface area contributed by atoms with Crippen molar-refractivity contribution in [1.29, 1.82) is 0 Å². The van der Waals surface area contributed by atoms with Crippen LogP contribution in [0, 0.1) is 6.92 Å². The number of hydrogen-bond donors (Lipinski definition) is 2. The van der Waals surface area contributed by atoms with E-state index in [1.165, 1.54) is 11.3 Å². The van der Waals surface area contributed by atoms with Crippen LogP contribution in [0.4, 0.5) is 5.13 Å². The highest BCUT2D eigenvalue weighted by atomic mass is 35.5. The van der Waals surface area contributed by atoms with Gasteiger partial charge >= 0.3 is 0 Å². The SMILES string of the molecule is CCNCc1ccc(Cl)c(S(=O)(=O)Nc2nnc(C)s2)c1. The minimum Gasteiger partial charge on any atom is -0.313 e. The highest BCUT2D eigenvalue weighted by Gasteiger charge is 2.20. The summed E-state index contributed by atoms with van der Waals surface area (Å²) in [6.07, 6.45) is 0. The Kier molecular flexibility index (Phi) is 5.15. The largest absolute Gasteiger partial charge is 0.313 e. The maximum absolute atomic E-state index is 12.4. The van der Waals surface area contributed by atoms with Crippen molar-refractivity contribution in [3.05, 3.63) is 33.8 Å². The molecule has 9 heteroatoms. The van der Waals surface area contributed by atoms with Gasteiger partial charge in [0, 0.05) is 6.54 Å². The lowest BCUT2D eigenvalue weighted by molar-refractivity contribution is 0.601. The van der Waals surface area contributed by atoms with E-state index >= 15 is 0 Å². The predicted octanol–water partition coefficient (Wildman–Crippen LogP) is 2.41. The Morgan fingerprint density at radius 2 is 2.10 bits per heavy atom. The third-order valence-electron chi connectivity index (χ3n) is 2.61. The standard InChI is InChI=1S/C12H15ClN4O2S2/c1-3-14-7-9-4-5-10(13)11(6-9)21(18,19)17-12-16-15-8(2)20-12/h4-6,14H,3,7H2,1-2H3,(H,16,17). The summed E-state index contributed by atoms with van der Waals surface area (Å²) in [5.41, 5.74) is 0.843. The van der Waals surface area contributed by atoms with Crippen LogP contribution in [0.1, 0.15) is 17.5 Å². The number of rotatable bonds is 6. The maximum atomic E-state index is 12.4. The zero-order chi connectivity index (χ0) is 15.5. The Hall–Kier alpha value is -1.22. The van der Waals surface area contributed by atoms with Crippen molar-refractivity contribution in [2.45, 2.75) is 25.3 Å². The molecular formula is C12H15ClN4O2S2.